The van der Waals surface area contributed by atoms with Crippen molar-refractivity contribution in [3.05, 3.63) is 21.7 Å². The Morgan fingerprint density at radius 2 is 2.19 bits per heavy atom. The zero-order chi connectivity index (χ0) is 11.7. The summed E-state index contributed by atoms with van der Waals surface area (Å²) in [6, 6.07) is 1.82. The molecule has 0 amide bonds. The van der Waals surface area contributed by atoms with Crippen molar-refractivity contribution in [2.45, 2.75) is 13.3 Å². The highest BCUT2D eigenvalue weighted by atomic mass is 79.9. The Balaban J connectivity index is 2.49. The molecular weight excluding hydrogens is 276 g/mol. The largest absolute Gasteiger partial charge is 0.486 e. The Kier molecular flexibility index (Phi) is 3.05. The van der Waals surface area contributed by atoms with Crippen molar-refractivity contribution in [3.8, 4) is 11.5 Å². The van der Waals surface area contributed by atoms with E-state index in [1.165, 1.54) is 0 Å². The summed E-state index contributed by atoms with van der Waals surface area (Å²) in [6.45, 7) is 2.87. The molecule has 5 heteroatoms. The van der Waals surface area contributed by atoms with Gasteiger partial charge in [0.15, 0.2) is 11.5 Å². The molecule has 1 heterocycles. The van der Waals surface area contributed by atoms with Crippen LogP contribution in [0.1, 0.15) is 11.1 Å². The van der Waals surface area contributed by atoms with Gasteiger partial charge in [-0.3, -0.25) is 4.79 Å². The standard InChI is InChI=1S/C11H11BrO4/c1-6-4-8-11(16-3-2-15-8)10(12)7(6)5-9(13)14/h4H,2-3,5H2,1H3,(H,13,14). The average molecular weight is 287 g/mol. The van der Waals surface area contributed by atoms with E-state index < -0.39 is 5.97 Å². The van der Waals surface area contributed by atoms with Crippen LogP contribution in [0.15, 0.2) is 10.5 Å². The number of carboxylic acid groups (broad SMARTS) is 1. The normalized spacial score (nSPS) is 13.6. The van der Waals surface area contributed by atoms with Crippen LogP contribution in [0.2, 0.25) is 0 Å². The molecule has 2 rings (SSSR count). The molecule has 0 aromatic heterocycles. The molecule has 0 saturated heterocycles. The second-order valence-electron chi connectivity index (χ2n) is 3.58. The van der Waals surface area contributed by atoms with Gasteiger partial charge in [0.1, 0.15) is 13.2 Å². The minimum Gasteiger partial charge on any atom is -0.486 e. The first-order chi connectivity index (χ1) is 7.59. The zero-order valence-electron chi connectivity index (χ0n) is 8.75. The predicted molar refractivity (Wildman–Crippen MR) is 61.2 cm³/mol. The molecule has 0 saturated carbocycles. The Morgan fingerprint density at radius 1 is 1.50 bits per heavy atom. The summed E-state index contributed by atoms with van der Waals surface area (Å²) in [4.78, 5) is 10.7. The van der Waals surface area contributed by atoms with Crippen molar-refractivity contribution >= 4 is 21.9 Å². The van der Waals surface area contributed by atoms with Crippen molar-refractivity contribution in [1.82, 2.24) is 0 Å². The minimum absolute atomic E-state index is 0.0247. The first kappa shape index (κ1) is 11.3. The lowest BCUT2D eigenvalue weighted by Crippen LogP contribution is -2.17. The minimum atomic E-state index is -0.861. The van der Waals surface area contributed by atoms with Gasteiger partial charge in [0.25, 0.3) is 0 Å². The van der Waals surface area contributed by atoms with Crippen LogP contribution >= 0.6 is 15.9 Å². The van der Waals surface area contributed by atoms with Gasteiger partial charge < -0.3 is 14.6 Å². The van der Waals surface area contributed by atoms with E-state index in [2.05, 4.69) is 15.9 Å². The summed E-state index contributed by atoms with van der Waals surface area (Å²) >= 11 is 3.38. The van der Waals surface area contributed by atoms with E-state index in [-0.39, 0.29) is 6.42 Å². The van der Waals surface area contributed by atoms with Crippen LogP contribution in [0.4, 0.5) is 0 Å². The Bertz CT molecular complexity index is 442. The monoisotopic (exact) mass is 286 g/mol. The van der Waals surface area contributed by atoms with Gasteiger partial charge >= 0.3 is 5.97 Å². The molecule has 0 fully saturated rings. The molecule has 1 aromatic carbocycles. The van der Waals surface area contributed by atoms with Crippen LogP contribution < -0.4 is 9.47 Å². The smallest absolute Gasteiger partial charge is 0.307 e. The lowest BCUT2D eigenvalue weighted by molar-refractivity contribution is -0.136. The SMILES string of the molecule is Cc1cc2c(c(Br)c1CC(=O)O)OCCO2. The highest BCUT2D eigenvalue weighted by Gasteiger charge is 2.21. The topological polar surface area (TPSA) is 55.8 Å². The van der Waals surface area contributed by atoms with E-state index in [1.54, 1.807) is 0 Å². The van der Waals surface area contributed by atoms with Crippen LogP contribution in [0.25, 0.3) is 0 Å². The number of rotatable bonds is 2. The molecule has 16 heavy (non-hydrogen) atoms. The Labute approximate surface area is 101 Å². The summed E-state index contributed by atoms with van der Waals surface area (Å²) in [5.41, 5.74) is 1.62. The molecule has 1 aliphatic rings. The number of benzene rings is 1. The van der Waals surface area contributed by atoms with Gasteiger partial charge in [0.2, 0.25) is 0 Å². The molecule has 1 aliphatic heterocycles. The fourth-order valence-electron chi connectivity index (χ4n) is 1.67. The summed E-state index contributed by atoms with van der Waals surface area (Å²) in [5, 5.41) is 8.83. The fraction of sp³-hybridized carbons (Fsp3) is 0.364. The van der Waals surface area contributed by atoms with Crippen molar-refractivity contribution in [2.75, 3.05) is 13.2 Å². The van der Waals surface area contributed by atoms with E-state index in [4.69, 9.17) is 14.6 Å². The van der Waals surface area contributed by atoms with Crippen LogP contribution in [-0.4, -0.2) is 24.3 Å². The van der Waals surface area contributed by atoms with Gasteiger partial charge in [-0.1, -0.05) is 0 Å². The number of carboxylic acids is 1. The average Bonchev–Trinajstić information content (AvgIpc) is 2.24. The number of hydrogen-bond donors (Lipinski definition) is 1. The van der Waals surface area contributed by atoms with E-state index >= 15 is 0 Å². The van der Waals surface area contributed by atoms with Gasteiger partial charge in [0, 0.05) is 0 Å². The maximum absolute atomic E-state index is 10.7. The van der Waals surface area contributed by atoms with Gasteiger partial charge in [-0.15, -0.1) is 0 Å². The van der Waals surface area contributed by atoms with Crippen molar-refractivity contribution in [3.63, 3.8) is 0 Å². The number of halogens is 1. The first-order valence-corrected chi connectivity index (χ1v) is 5.68. The van der Waals surface area contributed by atoms with Crippen molar-refractivity contribution in [1.29, 1.82) is 0 Å². The Hall–Kier alpha value is -1.23. The summed E-state index contributed by atoms with van der Waals surface area (Å²) < 4.78 is 11.6. The van der Waals surface area contributed by atoms with E-state index in [0.717, 1.165) is 11.1 Å². The molecule has 0 unspecified atom stereocenters. The molecule has 86 valence electrons. The van der Waals surface area contributed by atoms with Crippen molar-refractivity contribution in [2.24, 2.45) is 0 Å². The van der Waals surface area contributed by atoms with E-state index in [9.17, 15) is 4.79 Å². The third-order valence-corrected chi connectivity index (χ3v) is 3.27. The second kappa shape index (κ2) is 4.33. The van der Waals surface area contributed by atoms with Crippen LogP contribution in [0, 0.1) is 6.92 Å². The molecule has 0 atom stereocenters. The van der Waals surface area contributed by atoms with Gasteiger partial charge in [0.05, 0.1) is 10.9 Å². The van der Waals surface area contributed by atoms with Crippen LogP contribution in [0.3, 0.4) is 0 Å². The maximum Gasteiger partial charge on any atom is 0.307 e. The third-order valence-electron chi connectivity index (χ3n) is 2.43. The molecule has 0 spiro atoms. The van der Waals surface area contributed by atoms with E-state index in [1.807, 2.05) is 13.0 Å². The molecule has 4 nitrogen and oxygen atoms in total. The first-order valence-electron chi connectivity index (χ1n) is 4.89. The molecule has 1 N–H and O–H groups in total. The Morgan fingerprint density at radius 3 is 2.88 bits per heavy atom. The quantitative estimate of drug-likeness (QED) is 0.905. The van der Waals surface area contributed by atoms with Gasteiger partial charge in [-0.05, 0) is 40.0 Å². The van der Waals surface area contributed by atoms with E-state index in [0.29, 0.717) is 29.2 Å². The molecular formula is C11H11BrO4. The number of hydrogen-bond acceptors (Lipinski definition) is 3. The number of ether oxygens (including phenoxy) is 2. The number of aliphatic carboxylic acids is 1. The number of aryl methyl sites for hydroxylation is 1. The molecule has 0 radical (unpaired) electrons. The fourth-order valence-corrected chi connectivity index (χ4v) is 2.44. The highest BCUT2D eigenvalue weighted by Crippen LogP contribution is 2.41. The summed E-state index contributed by atoms with van der Waals surface area (Å²) in [7, 11) is 0. The molecule has 0 aliphatic carbocycles. The maximum atomic E-state index is 10.7. The van der Waals surface area contributed by atoms with Crippen molar-refractivity contribution < 1.29 is 19.4 Å². The van der Waals surface area contributed by atoms with Gasteiger partial charge in [-0.2, -0.15) is 0 Å². The molecule has 0 bridgehead atoms. The van der Waals surface area contributed by atoms with Crippen LogP contribution in [0.5, 0.6) is 11.5 Å². The lowest BCUT2D eigenvalue weighted by Gasteiger charge is -2.22. The third kappa shape index (κ3) is 2.00. The van der Waals surface area contributed by atoms with Crippen LogP contribution in [-0.2, 0) is 11.2 Å². The second-order valence-corrected chi connectivity index (χ2v) is 4.37. The lowest BCUT2D eigenvalue weighted by atomic mass is 10.0. The predicted octanol–water partition coefficient (Wildman–Crippen LogP) is 2.16. The number of carbonyl (C=O) groups is 1. The summed E-state index contributed by atoms with van der Waals surface area (Å²) in [5.74, 6) is 0.415. The highest BCUT2D eigenvalue weighted by molar-refractivity contribution is 9.10. The number of fused-ring (bicyclic) bond motifs is 1. The molecule has 1 aromatic rings. The summed E-state index contributed by atoms with van der Waals surface area (Å²) in [6.07, 6.45) is -0.0247. The zero-order valence-corrected chi connectivity index (χ0v) is 10.3. The van der Waals surface area contributed by atoms with Gasteiger partial charge in [-0.25, -0.2) is 0 Å².